The van der Waals surface area contributed by atoms with Crippen LogP contribution in [0.5, 0.6) is 0 Å². The molecule has 142 valence electrons. The molecule has 11 heteroatoms. The van der Waals surface area contributed by atoms with Crippen molar-refractivity contribution in [1.82, 2.24) is 4.90 Å². The molecule has 0 unspecified atom stereocenters. The summed E-state index contributed by atoms with van der Waals surface area (Å²) in [5.41, 5.74) is 0.498. The molecule has 1 saturated heterocycles. The quantitative estimate of drug-likeness (QED) is 0.399. The van der Waals surface area contributed by atoms with Crippen molar-refractivity contribution in [1.29, 1.82) is 0 Å². The highest BCUT2D eigenvalue weighted by Gasteiger charge is 2.35. The Morgan fingerprint density at radius 3 is 2.21 bits per heavy atom. The Bertz CT molecular complexity index is 1040. The van der Waals surface area contributed by atoms with Crippen molar-refractivity contribution in [3.05, 3.63) is 83.7 Å². The summed E-state index contributed by atoms with van der Waals surface area (Å²) in [6.07, 6.45) is 1.33. The Labute approximate surface area is 166 Å². The minimum absolute atomic E-state index is 0.0529. The van der Waals surface area contributed by atoms with Gasteiger partial charge in [-0.05, 0) is 29.5 Å². The van der Waals surface area contributed by atoms with Gasteiger partial charge in [0.15, 0.2) is 0 Å². The summed E-state index contributed by atoms with van der Waals surface area (Å²) in [5.74, 6) is -0.573. The lowest BCUT2D eigenvalue weighted by Gasteiger charge is -2.12. The molecule has 0 aromatic heterocycles. The number of thioether (sulfide) groups is 1. The molecule has 1 aliphatic heterocycles. The maximum Gasteiger partial charge on any atom is 0.293 e. The van der Waals surface area contributed by atoms with E-state index in [2.05, 4.69) is 0 Å². The lowest BCUT2D eigenvalue weighted by molar-refractivity contribution is -0.385. The molecule has 3 rings (SSSR count). The van der Waals surface area contributed by atoms with Gasteiger partial charge in [-0.1, -0.05) is 23.7 Å². The second kappa shape index (κ2) is 7.79. The van der Waals surface area contributed by atoms with E-state index in [1.54, 1.807) is 0 Å². The molecule has 0 saturated carbocycles. The van der Waals surface area contributed by atoms with E-state index in [9.17, 15) is 29.8 Å². The van der Waals surface area contributed by atoms with E-state index in [1.807, 2.05) is 0 Å². The Morgan fingerprint density at radius 1 is 1.00 bits per heavy atom. The third-order valence-corrected chi connectivity index (χ3v) is 5.09. The number of benzene rings is 2. The first-order valence-corrected chi connectivity index (χ1v) is 8.88. The van der Waals surface area contributed by atoms with Crippen molar-refractivity contribution in [3.8, 4) is 0 Å². The zero-order valence-electron chi connectivity index (χ0n) is 13.9. The highest BCUT2D eigenvalue weighted by Crippen LogP contribution is 2.35. The summed E-state index contributed by atoms with van der Waals surface area (Å²) < 4.78 is 0. The van der Waals surface area contributed by atoms with Gasteiger partial charge in [-0.15, -0.1) is 0 Å². The SMILES string of the molecule is O=C1S/C(=C/c2cc([N+](=O)[O-])ccc2Cl)C(=O)N1Cc1ccc([N+](=O)[O-])cc1. The summed E-state index contributed by atoms with van der Waals surface area (Å²) in [4.78, 5) is 46.3. The third-order valence-electron chi connectivity index (χ3n) is 3.84. The van der Waals surface area contributed by atoms with Gasteiger partial charge in [0.2, 0.25) is 0 Å². The molecular weight excluding hydrogens is 410 g/mol. The van der Waals surface area contributed by atoms with E-state index in [-0.39, 0.29) is 33.4 Å². The average molecular weight is 420 g/mol. The smallest absolute Gasteiger partial charge is 0.268 e. The first kappa shape index (κ1) is 19.5. The number of hydrogen-bond acceptors (Lipinski definition) is 7. The number of hydrogen-bond donors (Lipinski definition) is 0. The second-order valence-corrected chi connectivity index (χ2v) is 7.05. The molecule has 28 heavy (non-hydrogen) atoms. The van der Waals surface area contributed by atoms with Crippen LogP contribution in [0.15, 0.2) is 47.4 Å². The number of imide groups is 1. The molecule has 0 spiro atoms. The molecule has 1 fully saturated rings. The van der Waals surface area contributed by atoms with Crippen LogP contribution in [0.1, 0.15) is 11.1 Å². The summed E-state index contributed by atoms with van der Waals surface area (Å²) >= 11 is 6.72. The molecule has 1 aliphatic rings. The Morgan fingerprint density at radius 2 is 1.61 bits per heavy atom. The number of rotatable bonds is 5. The van der Waals surface area contributed by atoms with Gasteiger partial charge in [0.25, 0.3) is 22.5 Å². The van der Waals surface area contributed by atoms with Crippen LogP contribution in [0.2, 0.25) is 5.02 Å². The largest absolute Gasteiger partial charge is 0.293 e. The normalized spacial score (nSPS) is 15.3. The number of nitro benzene ring substituents is 2. The number of halogens is 1. The first-order valence-electron chi connectivity index (χ1n) is 7.69. The van der Waals surface area contributed by atoms with Gasteiger partial charge >= 0.3 is 0 Å². The maximum absolute atomic E-state index is 12.6. The molecule has 0 aliphatic carbocycles. The molecule has 0 bridgehead atoms. The fourth-order valence-electron chi connectivity index (χ4n) is 2.44. The van der Waals surface area contributed by atoms with Crippen molar-refractivity contribution in [3.63, 3.8) is 0 Å². The second-order valence-electron chi connectivity index (χ2n) is 5.65. The zero-order valence-corrected chi connectivity index (χ0v) is 15.5. The number of carbonyl (C=O) groups excluding carboxylic acids is 2. The Balaban J connectivity index is 1.83. The Kier molecular flexibility index (Phi) is 5.43. The molecule has 1 heterocycles. The molecule has 0 radical (unpaired) electrons. The van der Waals surface area contributed by atoms with Gasteiger partial charge in [-0.3, -0.25) is 34.7 Å². The zero-order chi connectivity index (χ0) is 20.4. The van der Waals surface area contributed by atoms with Gasteiger partial charge < -0.3 is 0 Å². The van der Waals surface area contributed by atoms with E-state index in [1.165, 1.54) is 48.5 Å². The minimum atomic E-state index is -0.589. The fourth-order valence-corrected chi connectivity index (χ4v) is 3.44. The van der Waals surface area contributed by atoms with Crippen LogP contribution < -0.4 is 0 Å². The lowest BCUT2D eigenvalue weighted by atomic mass is 10.1. The summed E-state index contributed by atoms with van der Waals surface area (Å²) in [6.45, 7) is -0.0529. The molecule has 2 aromatic carbocycles. The van der Waals surface area contributed by atoms with Crippen LogP contribution in [0.25, 0.3) is 6.08 Å². The summed E-state index contributed by atoms with van der Waals surface area (Å²) in [7, 11) is 0. The van der Waals surface area contributed by atoms with Crippen molar-refractivity contribution in [2.45, 2.75) is 6.54 Å². The number of nitro groups is 2. The first-order chi connectivity index (χ1) is 13.3. The van der Waals surface area contributed by atoms with E-state index in [4.69, 9.17) is 11.6 Å². The molecule has 2 amide bonds. The number of carbonyl (C=O) groups is 2. The third kappa shape index (κ3) is 4.02. The summed E-state index contributed by atoms with van der Waals surface area (Å²) in [5, 5.41) is 21.3. The van der Waals surface area contributed by atoms with Crippen LogP contribution in [-0.4, -0.2) is 25.9 Å². The van der Waals surface area contributed by atoms with Gasteiger partial charge in [0, 0.05) is 34.9 Å². The number of nitrogens with zero attached hydrogens (tertiary/aromatic N) is 3. The lowest BCUT2D eigenvalue weighted by Crippen LogP contribution is -2.27. The van der Waals surface area contributed by atoms with Crippen LogP contribution in [0, 0.1) is 20.2 Å². The number of amides is 2. The van der Waals surface area contributed by atoms with Gasteiger partial charge in [0.05, 0.1) is 21.3 Å². The maximum atomic E-state index is 12.6. The Hall–Kier alpha value is -3.24. The van der Waals surface area contributed by atoms with E-state index in [0.29, 0.717) is 17.3 Å². The fraction of sp³-hybridized carbons (Fsp3) is 0.0588. The van der Waals surface area contributed by atoms with Crippen molar-refractivity contribution >= 4 is 52.0 Å². The predicted octanol–water partition coefficient (Wildman–Crippen LogP) is 4.39. The van der Waals surface area contributed by atoms with Crippen LogP contribution >= 0.6 is 23.4 Å². The van der Waals surface area contributed by atoms with Crippen LogP contribution in [0.3, 0.4) is 0 Å². The van der Waals surface area contributed by atoms with E-state index < -0.39 is 21.0 Å². The molecule has 0 atom stereocenters. The highest BCUT2D eigenvalue weighted by atomic mass is 35.5. The van der Waals surface area contributed by atoms with Crippen molar-refractivity contribution in [2.75, 3.05) is 0 Å². The molecule has 9 nitrogen and oxygen atoms in total. The van der Waals surface area contributed by atoms with Gasteiger partial charge in [0.1, 0.15) is 0 Å². The molecule has 0 N–H and O–H groups in total. The van der Waals surface area contributed by atoms with E-state index >= 15 is 0 Å². The number of non-ortho nitro benzene ring substituents is 2. The van der Waals surface area contributed by atoms with Gasteiger partial charge in [-0.25, -0.2) is 0 Å². The standard InChI is InChI=1S/C17H10ClN3O6S/c18-14-6-5-13(21(26)27)7-11(14)8-15-16(22)19(17(23)28-15)9-10-1-3-12(4-2-10)20(24)25/h1-8H,9H2/b15-8+. The molecular formula is C17H10ClN3O6S. The average Bonchev–Trinajstić information content (AvgIpc) is 2.91. The van der Waals surface area contributed by atoms with Crippen LogP contribution in [-0.2, 0) is 11.3 Å². The van der Waals surface area contributed by atoms with Gasteiger partial charge in [-0.2, -0.15) is 0 Å². The van der Waals surface area contributed by atoms with Crippen LogP contribution in [0.4, 0.5) is 16.2 Å². The molecule has 2 aromatic rings. The van der Waals surface area contributed by atoms with Crippen molar-refractivity contribution < 1.29 is 19.4 Å². The highest BCUT2D eigenvalue weighted by molar-refractivity contribution is 8.18. The van der Waals surface area contributed by atoms with Crippen molar-refractivity contribution in [2.24, 2.45) is 0 Å². The van der Waals surface area contributed by atoms with E-state index in [0.717, 1.165) is 4.90 Å². The predicted molar refractivity (Wildman–Crippen MR) is 103 cm³/mol. The monoisotopic (exact) mass is 419 g/mol. The summed E-state index contributed by atoms with van der Waals surface area (Å²) in [6, 6.07) is 9.28. The minimum Gasteiger partial charge on any atom is -0.268 e. The topological polar surface area (TPSA) is 124 Å².